The average molecular weight is 319 g/mol. The summed E-state index contributed by atoms with van der Waals surface area (Å²) in [6.45, 7) is 6.89. The number of methoxy groups -OCH3 is 1. The van der Waals surface area contributed by atoms with E-state index in [1.54, 1.807) is 6.08 Å². The molecule has 0 radical (unpaired) electrons. The largest absolute Gasteiger partial charge is 0.497 e. The summed E-state index contributed by atoms with van der Waals surface area (Å²) in [5, 5.41) is 3.24. The van der Waals surface area contributed by atoms with Gasteiger partial charge in [-0.05, 0) is 6.42 Å². The number of ether oxygens (including phenoxy) is 1. The number of halogens is 3. The lowest BCUT2D eigenvalue weighted by atomic mass is 9.99. The Bertz CT molecular complexity index is 456. The molecule has 1 saturated heterocycles. The van der Waals surface area contributed by atoms with E-state index < -0.39 is 11.6 Å². The van der Waals surface area contributed by atoms with Crippen LogP contribution in [0.1, 0.15) is 18.0 Å². The second kappa shape index (κ2) is 8.32. The quantitative estimate of drug-likeness (QED) is 0.845. The van der Waals surface area contributed by atoms with E-state index in [1.807, 2.05) is 0 Å². The van der Waals surface area contributed by atoms with Gasteiger partial charge in [0, 0.05) is 49.9 Å². The molecule has 3 nitrogen and oxygen atoms in total. The highest BCUT2D eigenvalue weighted by Crippen LogP contribution is 2.32. The Hall–Kier alpha value is -1.17. The first-order chi connectivity index (χ1) is 9.67. The Morgan fingerprint density at radius 1 is 1.33 bits per heavy atom. The zero-order chi connectivity index (χ0) is 14.5. The van der Waals surface area contributed by atoms with Gasteiger partial charge in [0.25, 0.3) is 0 Å². The summed E-state index contributed by atoms with van der Waals surface area (Å²) in [4.78, 5) is 2.09. The Labute approximate surface area is 130 Å². The molecule has 0 amide bonds. The summed E-state index contributed by atoms with van der Waals surface area (Å²) < 4.78 is 33.4. The van der Waals surface area contributed by atoms with Gasteiger partial charge in [-0.25, -0.2) is 8.78 Å². The van der Waals surface area contributed by atoms with Crippen LogP contribution in [-0.4, -0.2) is 38.2 Å². The summed E-state index contributed by atoms with van der Waals surface area (Å²) in [5.74, 6) is -0.930. The fraction of sp³-hybridized carbons (Fsp3) is 0.467. The molecule has 1 atom stereocenters. The Kier molecular flexibility index (Phi) is 7.08. The van der Waals surface area contributed by atoms with Gasteiger partial charge in [-0.3, -0.25) is 4.90 Å². The van der Waals surface area contributed by atoms with Crippen molar-refractivity contribution >= 4 is 12.4 Å². The summed E-state index contributed by atoms with van der Waals surface area (Å²) >= 11 is 0. The van der Waals surface area contributed by atoms with Crippen molar-refractivity contribution in [3.8, 4) is 5.75 Å². The van der Waals surface area contributed by atoms with Crippen molar-refractivity contribution in [3.63, 3.8) is 0 Å². The standard InChI is InChI=1S/C15H20F2N2O.ClH/c1-3-4-14(19-7-5-18-6-8-19)15-12(16)9-11(20-2)10-13(15)17;/h3,9-10,14,18H,1,4-8H2,2H3;1H/t14-;/m1./s1. The van der Waals surface area contributed by atoms with Crippen LogP contribution in [0.2, 0.25) is 0 Å². The third-order valence-corrected chi connectivity index (χ3v) is 3.60. The minimum atomic E-state index is -0.563. The number of piperazine rings is 1. The molecule has 0 saturated carbocycles. The topological polar surface area (TPSA) is 24.5 Å². The van der Waals surface area contributed by atoms with Crippen molar-refractivity contribution in [1.82, 2.24) is 10.2 Å². The molecular formula is C15H21ClF2N2O. The zero-order valence-electron chi connectivity index (χ0n) is 12.1. The minimum Gasteiger partial charge on any atom is -0.497 e. The summed E-state index contributed by atoms with van der Waals surface area (Å²) in [7, 11) is 1.39. The third-order valence-electron chi connectivity index (χ3n) is 3.60. The van der Waals surface area contributed by atoms with E-state index in [0.717, 1.165) is 26.2 Å². The van der Waals surface area contributed by atoms with Crippen LogP contribution < -0.4 is 10.1 Å². The van der Waals surface area contributed by atoms with E-state index in [0.29, 0.717) is 6.42 Å². The lowest BCUT2D eigenvalue weighted by Gasteiger charge is -2.35. The van der Waals surface area contributed by atoms with Gasteiger partial charge in [-0.15, -0.1) is 19.0 Å². The third kappa shape index (κ3) is 4.15. The smallest absolute Gasteiger partial charge is 0.134 e. The fourth-order valence-electron chi connectivity index (χ4n) is 2.60. The van der Waals surface area contributed by atoms with Gasteiger partial charge >= 0.3 is 0 Å². The maximum absolute atomic E-state index is 14.2. The van der Waals surface area contributed by atoms with E-state index in [4.69, 9.17) is 4.74 Å². The number of nitrogens with one attached hydrogen (secondary N) is 1. The lowest BCUT2D eigenvalue weighted by molar-refractivity contribution is 0.167. The highest BCUT2D eigenvalue weighted by atomic mass is 35.5. The average Bonchev–Trinajstić information content (AvgIpc) is 2.46. The predicted octanol–water partition coefficient (Wildman–Crippen LogP) is 2.92. The van der Waals surface area contributed by atoms with Gasteiger partial charge in [-0.1, -0.05) is 6.08 Å². The van der Waals surface area contributed by atoms with Crippen molar-refractivity contribution in [1.29, 1.82) is 0 Å². The maximum atomic E-state index is 14.2. The molecule has 1 aromatic carbocycles. The summed E-state index contributed by atoms with van der Waals surface area (Å²) in [5.41, 5.74) is 0.104. The molecule has 1 heterocycles. The number of rotatable bonds is 5. The molecule has 2 rings (SSSR count). The van der Waals surface area contributed by atoms with Gasteiger partial charge in [0.2, 0.25) is 0 Å². The van der Waals surface area contributed by atoms with Crippen molar-refractivity contribution < 1.29 is 13.5 Å². The molecule has 1 N–H and O–H groups in total. The zero-order valence-corrected chi connectivity index (χ0v) is 12.9. The molecule has 0 aromatic heterocycles. The van der Waals surface area contributed by atoms with Crippen LogP contribution in [-0.2, 0) is 0 Å². The minimum absolute atomic E-state index is 0. The van der Waals surface area contributed by atoms with Crippen molar-refractivity contribution in [2.24, 2.45) is 0 Å². The molecule has 0 spiro atoms. The van der Waals surface area contributed by atoms with Crippen LogP contribution >= 0.6 is 12.4 Å². The SMILES string of the molecule is C=CC[C@H](c1c(F)cc(OC)cc1F)N1CCNCC1.Cl. The van der Waals surface area contributed by atoms with Crippen molar-refractivity contribution in [3.05, 3.63) is 42.0 Å². The normalized spacial score (nSPS) is 16.9. The van der Waals surface area contributed by atoms with Crippen LogP contribution in [0.3, 0.4) is 0 Å². The van der Waals surface area contributed by atoms with E-state index in [9.17, 15) is 8.78 Å². The highest BCUT2D eigenvalue weighted by Gasteiger charge is 2.27. The summed E-state index contributed by atoms with van der Waals surface area (Å²) in [6, 6.07) is 2.15. The number of hydrogen-bond donors (Lipinski definition) is 1. The van der Waals surface area contributed by atoms with Gasteiger partial charge in [0.15, 0.2) is 0 Å². The first kappa shape index (κ1) is 17.9. The number of benzene rings is 1. The van der Waals surface area contributed by atoms with Crippen molar-refractivity contribution in [2.45, 2.75) is 12.5 Å². The van der Waals surface area contributed by atoms with Gasteiger partial charge < -0.3 is 10.1 Å². The van der Waals surface area contributed by atoms with Crippen LogP contribution in [0.25, 0.3) is 0 Å². The van der Waals surface area contributed by atoms with Crippen LogP contribution in [0, 0.1) is 11.6 Å². The molecule has 1 aliphatic rings. The second-order valence-corrected chi connectivity index (χ2v) is 4.83. The molecule has 0 aliphatic carbocycles. The highest BCUT2D eigenvalue weighted by molar-refractivity contribution is 5.85. The van der Waals surface area contributed by atoms with E-state index in [2.05, 4.69) is 16.8 Å². The molecule has 1 aromatic rings. The lowest BCUT2D eigenvalue weighted by Crippen LogP contribution is -2.45. The van der Waals surface area contributed by atoms with Gasteiger partial charge in [0.1, 0.15) is 17.4 Å². The van der Waals surface area contributed by atoms with Crippen LogP contribution in [0.15, 0.2) is 24.8 Å². The first-order valence-electron chi connectivity index (χ1n) is 6.76. The molecule has 1 fully saturated rings. The van der Waals surface area contributed by atoms with E-state index in [-0.39, 0.29) is 29.8 Å². The van der Waals surface area contributed by atoms with Gasteiger partial charge in [-0.2, -0.15) is 0 Å². The predicted molar refractivity (Wildman–Crippen MR) is 82.2 cm³/mol. The van der Waals surface area contributed by atoms with Gasteiger partial charge in [0.05, 0.1) is 7.11 Å². The molecule has 0 bridgehead atoms. The van der Waals surface area contributed by atoms with E-state index in [1.165, 1.54) is 19.2 Å². The Morgan fingerprint density at radius 2 is 1.90 bits per heavy atom. The van der Waals surface area contributed by atoms with Crippen LogP contribution in [0.4, 0.5) is 8.78 Å². The monoisotopic (exact) mass is 318 g/mol. The number of hydrogen-bond acceptors (Lipinski definition) is 3. The molecule has 0 unspecified atom stereocenters. The second-order valence-electron chi connectivity index (χ2n) is 4.83. The Balaban J connectivity index is 0.00000220. The molecule has 6 heteroatoms. The maximum Gasteiger partial charge on any atom is 0.134 e. The molecule has 118 valence electrons. The summed E-state index contributed by atoms with van der Waals surface area (Å²) in [6.07, 6.45) is 2.22. The Morgan fingerprint density at radius 3 is 2.38 bits per heavy atom. The molecule has 21 heavy (non-hydrogen) atoms. The first-order valence-corrected chi connectivity index (χ1v) is 6.76. The molecule has 1 aliphatic heterocycles. The molecular weight excluding hydrogens is 298 g/mol. The van der Waals surface area contributed by atoms with Crippen LogP contribution in [0.5, 0.6) is 5.75 Å². The van der Waals surface area contributed by atoms with E-state index >= 15 is 0 Å². The number of nitrogens with zero attached hydrogens (tertiary/aromatic N) is 1. The fourth-order valence-corrected chi connectivity index (χ4v) is 2.60. The van der Waals surface area contributed by atoms with Crippen molar-refractivity contribution in [2.75, 3.05) is 33.3 Å².